The van der Waals surface area contributed by atoms with Gasteiger partial charge in [0, 0.05) is 5.56 Å². The zero-order valence-electron chi connectivity index (χ0n) is 12.6. The summed E-state index contributed by atoms with van der Waals surface area (Å²) in [7, 11) is -3.76. The topological polar surface area (TPSA) is 72.5 Å². The smallest absolute Gasteiger partial charge is 0.416 e. The molecule has 0 spiro atoms. The van der Waals surface area contributed by atoms with Gasteiger partial charge in [0.25, 0.3) is 5.91 Å². The summed E-state index contributed by atoms with van der Waals surface area (Å²) in [5, 5.41) is -0.0565. The molecule has 1 amide bonds. The summed E-state index contributed by atoms with van der Waals surface area (Å²) >= 11 is 5.83. The van der Waals surface area contributed by atoms with Crippen LogP contribution in [-0.4, -0.2) is 20.6 Å². The molecule has 0 aliphatic carbocycles. The van der Waals surface area contributed by atoms with Gasteiger partial charge in [0.05, 0.1) is 16.8 Å². The Labute approximate surface area is 146 Å². The Balaban J connectivity index is 2.30. The minimum Gasteiger partial charge on any atom is -0.456 e. The van der Waals surface area contributed by atoms with Gasteiger partial charge >= 0.3 is 6.18 Å². The summed E-state index contributed by atoms with van der Waals surface area (Å²) in [4.78, 5) is 11.8. The van der Waals surface area contributed by atoms with Crippen molar-refractivity contribution in [2.24, 2.45) is 0 Å². The number of rotatable bonds is 4. The third-order valence-electron chi connectivity index (χ3n) is 2.86. The molecule has 134 valence electrons. The first kappa shape index (κ1) is 19.1. The first-order valence-electron chi connectivity index (χ1n) is 6.62. The molecule has 0 bridgehead atoms. The molecule has 0 radical (unpaired) electrons. The third kappa shape index (κ3) is 5.36. The molecule has 1 N–H and O–H groups in total. The largest absolute Gasteiger partial charge is 0.456 e. The van der Waals surface area contributed by atoms with Crippen molar-refractivity contribution in [2.45, 2.75) is 6.18 Å². The maximum absolute atomic E-state index is 12.8. The molecule has 0 atom stereocenters. The number of sulfonamides is 1. The average Bonchev–Trinajstić information content (AvgIpc) is 2.47. The number of benzene rings is 2. The van der Waals surface area contributed by atoms with E-state index in [9.17, 15) is 26.4 Å². The van der Waals surface area contributed by atoms with Crippen molar-refractivity contribution in [1.29, 1.82) is 0 Å². The van der Waals surface area contributed by atoms with E-state index in [4.69, 9.17) is 16.3 Å². The summed E-state index contributed by atoms with van der Waals surface area (Å²) in [5.41, 5.74) is -0.996. The lowest BCUT2D eigenvalue weighted by molar-refractivity contribution is -0.137. The fourth-order valence-electron chi connectivity index (χ4n) is 1.81. The molecule has 25 heavy (non-hydrogen) atoms. The van der Waals surface area contributed by atoms with Crippen LogP contribution in [0, 0.1) is 0 Å². The first-order valence-corrected chi connectivity index (χ1v) is 8.89. The quantitative estimate of drug-likeness (QED) is 0.856. The molecule has 0 aliphatic rings. The van der Waals surface area contributed by atoms with Crippen molar-refractivity contribution in [3.05, 3.63) is 58.6 Å². The highest BCUT2D eigenvalue weighted by atomic mass is 35.5. The van der Waals surface area contributed by atoms with E-state index >= 15 is 0 Å². The molecule has 2 aromatic carbocycles. The average molecular weight is 394 g/mol. The highest BCUT2D eigenvalue weighted by Gasteiger charge is 2.31. The zero-order chi connectivity index (χ0) is 18.8. The number of carbonyl (C=O) groups excluding carboxylic acids is 1. The lowest BCUT2D eigenvalue weighted by atomic mass is 10.2. The van der Waals surface area contributed by atoms with Crippen molar-refractivity contribution in [3.63, 3.8) is 0 Å². The minimum absolute atomic E-state index is 0.0161. The second kappa shape index (κ2) is 6.93. The van der Waals surface area contributed by atoms with Crippen LogP contribution in [0.25, 0.3) is 0 Å². The molecule has 2 aromatic rings. The molecule has 0 aliphatic heterocycles. The van der Waals surface area contributed by atoms with Crippen LogP contribution >= 0.6 is 11.6 Å². The molecule has 0 fully saturated rings. The van der Waals surface area contributed by atoms with E-state index in [0.717, 1.165) is 24.5 Å². The summed E-state index contributed by atoms with van der Waals surface area (Å²) in [6, 6.07) is 7.84. The molecule has 5 nitrogen and oxygen atoms in total. The number of carbonyl (C=O) groups is 1. The predicted octanol–water partition coefficient (Wildman–Crippen LogP) is 3.84. The standard InChI is InChI=1S/C15H11ClF3NO4S/c1-25(22,23)20-14(21)9-3-2-4-11(7-9)24-13-8-10(15(17,18)19)5-6-12(13)16/h2-8H,1H3,(H,20,21). The Kier molecular flexibility index (Phi) is 5.28. The van der Waals surface area contributed by atoms with Gasteiger partial charge in [0.15, 0.2) is 0 Å². The number of nitrogens with one attached hydrogen (secondary N) is 1. The minimum atomic E-state index is -4.57. The first-order chi connectivity index (χ1) is 11.5. The van der Waals surface area contributed by atoms with Gasteiger partial charge in [-0.2, -0.15) is 13.2 Å². The number of ether oxygens (including phenoxy) is 1. The second-order valence-electron chi connectivity index (χ2n) is 4.98. The van der Waals surface area contributed by atoms with Crippen LogP contribution in [0.4, 0.5) is 13.2 Å². The number of halogens is 4. The summed E-state index contributed by atoms with van der Waals surface area (Å²) < 4.78 is 67.5. The van der Waals surface area contributed by atoms with Gasteiger partial charge in [-0.15, -0.1) is 0 Å². The van der Waals surface area contributed by atoms with Gasteiger partial charge in [0.2, 0.25) is 10.0 Å². The van der Waals surface area contributed by atoms with E-state index in [1.807, 2.05) is 0 Å². The van der Waals surface area contributed by atoms with Crippen molar-refractivity contribution in [3.8, 4) is 11.5 Å². The highest BCUT2D eigenvalue weighted by Crippen LogP contribution is 2.36. The van der Waals surface area contributed by atoms with Gasteiger partial charge in [0.1, 0.15) is 11.5 Å². The maximum Gasteiger partial charge on any atom is 0.416 e. The Morgan fingerprint density at radius 2 is 1.84 bits per heavy atom. The fourth-order valence-corrected chi connectivity index (χ4v) is 2.42. The van der Waals surface area contributed by atoms with Crippen LogP contribution in [0.5, 0.6) is 11.5 Å². The maximum atomic E-state index is 12.8. The molecule has 0 unspecified atom stereocenters. The molecule has 10 heteroatoms. The summed E-state index contributed by atoms with van der Waals surface area (Å²) in [6.07, 6.45) is -3.76. The summed E-state index contributed by atoms with van der Waals surface area (Å²) in [5.74, 6) is -1.14. The van der Waals surface area contributed by atoms with Gasteiger partial charge in [-0.25, -0.2) is 13.1 Å². The van der Waals surface area contributed by atoms with E-state index in [1.54, 1.807) is 4.72 Å². The van der Waals surface area contributed by atoms with Crippen molar-refractivity contribution in [2.75, 3.05) is 6.26 Å². The van der Waals surface area contributed by atoms with E-state index in [1.165, 1.54) is 24.3 Å². The molecule has 0 heterocycles. The van der Waals surface area contributed by atoms with Crippen LogP contribution < -0.4 is 9.46 Å². The predicted molar refractivity (Wildman–Crippen MR) is 85.3 cm³/mol. The number of hydrogen-bond acceptors (Lipinski definition) is 4. The van der Waals surface area contributed by atoms with E-state index in [-0.39, 0.29) is 22.1 Å². The Morgan fingerprint density at radius 3 is 2.44 bits per heavy atom. The van der Waals surface area contributed by atoms with Crippen LogP contribution in [0.3, 0.4) is 0 Å². The molecule has 0 saturated carbocycles. The van der Waals surface area contributed by atoms with Crippen LogP contribution in [-0.2, 0) is 16.2 Å². The Bertz CT molecular complexity index is 913. The normalized spacial score (nSPS) is 11.9. The van der Waals surface area contributed by atoms with Crippen LogP contribution in [0.15, 0.2) is 42.5 Å². The zero-order valence-corrected chi connectivity index (χ0v) is 14.2. The van der Waals surface area contributed by atoms with E-state index in [0.29, 0.717) is 0 Å². The van der Waals surface area contributed by atoms with Crippen molar-refractivity contribution in [1.82, 2.24) is 4.72 Å². The van der Waals surface area contributed by atoms with E-state index < -0.39 is 27.7 Å². The van der Waals surface area contributed by atoms with Crippen LogP contribution in [0.1, 0.15) is 15.9 Å². The number of alkyl halides is 3. The number of amides is 1. The fraction of sp³-hybridized carbons (Fsp3) is 0.133. The van der Waals surface area contributed by atoms with Gasteiger partial charge in [-0.05, 0) is 36.4 Å². The monoisotopic (exact) mass is 393 g/mol. The van der Waals surface area contributed by atoms with Gasteiger partial charge < -0.3 is 4.74 Å². The number of hydrogen-bond donors (Lipinski definition) is 1. The SMILES string of the molecule is CS(=O)(=O)NC(=O)c1cccc(Oc2cc(C(F)(F)F)ccc2Cl)c1. The molecular formula is C15H11ClF3NO4S. The Hall–Kier alpha value is -2.26. The molecular weight excluding hydrogens is 383 g/mol. The highest BCUT2D eigenvalue weighted by molar-refractivity contribution is 7.89. The summed E-state index contributed by atoms with van der Waals surface area (Å²) in [6.45, 7) is 0. The van der Waals surface area contributed by atoms with Crippen LogP contribution in [0.2, 0.25) is 5.02 Å². The second-order valence-corrected chi connectivity index (χ2v) is 7.13. The third-order valence-corrected chi connectivity index (χ3v) is 3.73. The molecule has 0 saturated heterocycles. The van der Waals surface area contributed by atoms with Gasteiger partial charge in [-0.1, -0.05) is 17.7 Å². The van der Waals surface area contributed by atoms with Crippen molar-refractivity contribution >= 4 is 27.5 Å². The lowest BCUT2D eigenvalue weighted by Crippen LogP contribution is -2.29. The van der Waals surface area contributed by atoms with E-state index in [2.05, 4.69) is 0 Å². The Morgan fingerprint density at radius 1 is 1.16 bits per heavy atom. The molecule has 0 aromatic heterocycles. The van der Waals surface area contributed by atoms with Gasteiger partial charge in [-0.3, -0.25) is 4.79 Å². The molecule has 2 rings (SSSR count). The lowest BCUT2D eigenvalue weighted by Gasteiger charge is -2.12. The van der Waals surface area contributed by atoms with Crippen molar-refractivity contribution < 1.29 is 31.1 Å².